The zero-order valence-electron chi connectivity index (χ0n) is 15.4. The quantitative estimate of drug-likeness (QED) is 0.547. The van der Waals surface area contributed by atoms with Crippen molar-refractivity contribution in [2.24, 2.45) is 0 Å². The predicted molar refractivity (Wildman–Crippen MR) is 113 cm³/mol. The molecule has 1 saturated heterocycles. The van der Waals surface area contributed by atoms with Gasteiger partial charge in [-0.25, -0.2) is 0 Å². The Kier molecular flexibility index (Phi) is 6.07. The Bertz CT molecular complexity index is 906. The third-order valence-electron chi connectivity index (χ3n) is 4.11. The number of ether oxygens (including phenoxy) is 1. The molecule has 2 aromatic rings. The van der Waals surface area contributed by atoms with Crippen LogP contribution >= 0.6 is 27.7 Å². The first-order valence-corrected chi connectivity index (χ1v) is 10.2. The lowest BCUT2D eigenvalue weighted by molar-refractivity contribution is -0.123. The molecule has 0 spiro atoms. The summed E-state index contributed by atoms with van der Waals surface area (Å²) in [6.07, 6.45) is 1.72. The summed E-state index contributed by atoms with van der Waals surface area (Å²) in [4.78, 5) is 26.3. The highest BCUT2D eigenvalue weighted by Crippen LogP contribution is 2.36. The smallest absolute Gasteiger partial charge is 0.293 e. The highest BCUT2D eigenvalue weighted by Gasteiger charge is 2.36. The highest BCUT2D eigenvalue weighted by molar-refractivity contribution is 9.10. The van der Waals surface area contributed by atoms with Crippen LogP contribution in [0.5, 0.6) is 5.75 Å². The fourth-order valence-electron chi connectivity index (χ4n) is 2.68. The Morgan fingerprint density at radius 3 is 2.48 bits per heavy atom. The molecular formula is C21H20BrNO3S. The van der Waals surface area contributed by atoms with Gasteiger partial charge in [0.2, 0.25) is 0 Å². The monoisotopic (exact) mass is 445 g/mol. The number of thioether (sulfide) groups is 1. The fraction of sp³-hybridized carbons (Fsp3) is 0.238. The van der Waals surface area contributed by atoms with Crippen LogP contribution in [0.1, 0.15) is 30.5 Å². The first-order chi connectivity index (χ1) is 12.8. The Labute approximate surface area is 171 Å². The zero-order chi connectivity index (χ0) is 19.6. The summed E-state index contributed by atoms with van der Waals surface area (Å²) in [5, 5.41) is -0.238. The van der Waals surface area contributed by atoms with Gasteiger partial charge in [-0.15, -0.1) is 0 Å². The SMILES string of the molecule is Cc1ccc(COc2ccc(Br)cc2/C=C2/SC(=O)N(C(C)C)C2=O)cc1. The van der Waals surface area contributed by atoms with Gasteiger partial charge in [-0.1, -0.05) is 45.8 Å². The molecule has 6 heteroatoms. The summed E-state index contributed by atoms with van der Waals surface area (Å²) < 4.78 is 6.85. The van der Waals surface area contributed by atoms with Crippen molar-refractivity contribution in [2.75, 3.05) is 0 Å². The first-order valence-electron chi connectivity index (χ1n) is 8.60. The lowest BCUT2D eigenvalue weighted by Crippen LogP contribution is -2.34. The molecule has 0 bridgehead atoms. The van der Waals surface area contributed by atoms with Crippen LogP contribution in [-0.2, 0) is 11.4 Å². The summed E-state index contributed by atoms with van der Waals surface area (Å²) in [6, 6.07) is 13.6. The van der Waals surface area contributed by atoms with Crippen LogP contribution in [-0.4, -0.2) is 22.1 Å². The van der Waals surface area contributed by atoms with Gasteiger partial charge in [0, 0.05) is 16.1 Å². The number of amides is 2. The number of imide groups is 1. The number of hydrogen-bond acceptors (Lipinski definition) is 4. The molecule has 1 fully saturated rings. The number of halogens is 1. The van der Waals surface area contributed by atoms with E-state index >= 15 is 0 Å². The van der Waals surface area contributed by atoms with E-state index in [1.807, 2.05) is 63.2 Å². The van der Waals surface area contributed by atoms with Crippen LogP contribution in [0.15, 0.2) is 51.8 Å². The fourth-order valence-corrected chi connectivity index (χ4v) is 4.01. The van der Waals surface area contributed by atoms with Crippen LogP contribution in [0.2, 0.25) is 0 Å². The maximum Gasteiger partial charge on any atom is 0.293 e. The Hall–Kier alpha value is -2.05. The van der Waals surface area contributed by atoms with E-state index in [0.29, 0.717) is 17.3 Å². The second-order valence-corrected chi connectivity index (χ2v) is 8.51. The molecule has 27 heavy (non-hydrogen) atoms. The molecule has 0 radical (unpaired) electrons. The summed E-state index contributed by atoms with van der Waals surface area (Å²) in [5.41, 5.74) is 3.02. The molecule has 1 aliphatic heterocycles. The van der Waals surface area contributed by atoms with Gasteiger partial charge < -0.3 is 4.74 Å². The van der Waals surface area contributed by atoms with Crippen molar-refractivity contribution in [3.63, 3.8) is 0 Å². The average molecular weight is 446 g/mol. The van der Waals surface area contributed by atoms with Gasteiger partial charge >= 0.3 is 0 Å². The topological polar surface area (TPSA) is 46.6 Å². The molecule has 4 nitrogen and oxygen atoms in total. The molecule has 1 heterocycles. The van der Waals surface area contributed by atoms with Crippen molar-refractivity contribution in [3.8, 4) is 5.75 Å². The second kappa shape index (κ2) is 8.31. The minimum Gasteiger partial charge on any atom is -0.488 e. The molecule has 0 aliphatic carbocycles. The number of benzene rings is 2. The van der Waals surface area contributed by atoms with E-state index in [4.69, 9.17) is 4.74 Å². The van der Waals surface area contributed by atoms with E-state index in [-0.39, 0.29) is 17.2 Å². The number of hydrogen-bond donors (Lipinski definition) is 0. The summed E-state index contributed by atoms with van der Waals surface area (Å²) in [5.74, 6) is 0.402. The van der Waals surface area contributed by atoms with Gasteiger partial charge in [0.05, 0.1) is 4.91 Å². The summed E-state index contributed by atoms with van der Waals surface area (Å²) >= 11 is 4.42. The summed E-state index contributed by atoms with van der Waals surface area (Å²) in [7, 11) is 0. The van der Waals surface area contributed by atoms with Crippen molar-refractivity contribution < 1.29 is 14.3 Å². The largest absolute Gasteiger partial charge is 0.488 e. The molecule has 3 rings (SSSR count). The van der Waals surface area contributed by atoms with Gasteiger partial charge in [-0.3, -0.25) is 14.5 Å². The van der Waals surface area contributed by atoms with Crippen molar-refractivity contribution in [3.05, 3.63) is 68.5 Å². The van der Waals surface area contributed by atoms with E-state index in [9.17, 15) is 9.59 Å². The second-order valence-electron chi connectivity index (χ2n) is 6.60. The first kappa shape index (κ1) is 19.7. The molecule has 0 saturated carbocycles. The maximum absolute atomic E-state index is 12.5. The highest BCUT2D eigenvalue weighted by atomic mass is 79.9. The van der Waals surface area contributed by atoms with Crippen LogP contribution in [0, 0.1) is 6.92 Å². The lowest BCUT2D eigenvalue weighted by Gasteiger charge is -2.16. The Morgan fingerprint density at radius 1 is 1.15 bits per heavy atom. The molecule has 2 aromatic carbocycles. The molecule has 0 unspecified atom stereocenters. The van der Waals surface area contributed by atoms with Crippen molar-refractivity contribution in [1.82, 2.24) is 4.90 Å². The maximum atomic E-state index is 12.5. The molecule has 2 amide bonds. The van der Waals surface area contributed by atoms with Crippen LogP contribution in [0.4, 0.5) is 4.79 Å². The minimum atomic E-state index is -0.260. The number of aryl methyl sites for hydroxylation is 1. The number of rotatable bonds is 5. The number of carbonyl (C=O) groups is 2. The number of nitrogens with zero attached hydrogens (tertiary/aromatic N) is 1. The van der Waals surface area contributed by atoms with E-state index < -0.39 is 0 Å². The molecule has 1 aliphatic rings. The van der Waals surface area contributed by atoms with Crippen LogP contribution in [0.25, 0.3) is 6.08 Å². The molecule has 0 aromatic heterocycles. The van der Waals surface area contributed by atoms with E-state index in [1.165, 1.54) is 10.5 Å². The predicted octanol–water partition coefficient (Wildman–Crippen LogP) is 5.78. The third-order valence-corrected chi connectivity index (χ3v) is 5.49. The average Bonchev–Trinajstić information content (AvgIpc) is 2.89. The Balaban J connectivity index is 1.85. The number of carbonyl (C=O) groups excluding carboxylic acids is 2. The molecule has 0 N–H and O–H groups in total. The third kappa shape index (κ3) is 4.62. The van der Waals surface area contributed by atoms with Gasteiger partial charge in [0.1, 0.15) is 12.4 Å². The molecule has 0 atom stereocenters. The minimum absolute atomic E-state index is 0.164. The van der Waals surface area contributed by atoms with Crippen LogP contribution < -0.4 is 4.74 Å². The van der Waals surface area contributed by atoms with Crippen molar-refractivity contribution in [1.29, 1.82) is 0 Å². The standard InChI is InChI=1S/C21H20BrNO3S/c1-13(2)23-20(24)19(27-21(23)25)11-16-10-17(22)8-9-18(16)26-12-15-6-4-14(3)5-7-15/h4-11,13H,12H2,1-3H3/b19-11+. The van der Waals surface area contributed by atoms with E-state index in [0.717, 1.165) is 27.4 Å². The molecule has 140 valence electrons. The van der Waals surface area contributed by atoms with Crippen LogP contribution in [0.3, 0.4) is 0 Å². The normalized spacial score (nSPS) is 15.9. The van der Waals surface area contributed by atoms with Crippen molar-refractivity contribution in [2.45, 2.75) is 33.4 Å². The van der Waals surface area contributed by atoms with Gasteiger partial charge in [0.15, 0.2) is 0 Å². The van der Waals surface area contributed by atoms with Gasteiger partial charge in [0.25, 0.3) is 11.1 Å². The lowest BCUT2D eigenvalue weighted by atomic mass is 10.1. The molecular weight excluding hydrogens is 426 g/mol. The van der Waals surface area contributed by atoms with Gasteiger partial charge in [-0.05, 0) is 62.4 Å². The summed E-state index contributed by atoms with van der Waals surface area (Å²) in [6.45, 7) is 6.13. The van der Waals surface area contributed by atoms with Gasteiger partial charge in [-0.2, -0.15) is 0 Å². The Morgan fingerprint density at radius 2 is 1.85 bits per heavy atom. The van der Waals surface area contributed by atoms with Crippen molar-refractivity contribution >= 4 is 44.9 Å². The van der Waals surface area contributed by atoms with E-state index in [1.54, 1.807) is 6.08 Å². The van der Waals surface area contributed by atoms with E-state index in [2.05, 4.69) is 15.9 Å². The zero-order valence-corrected chi connectivity index (χ0v) is 17.8.